The molecule has 0 spiro atoms. The maximum Gasteiger partial charge on any atom is 0.416 e. The van der Waals surface area contributed by atoms with Crippen LogP contribution in [0.5, 0.6) is 0 Å². The van der Waals surface area contributed by atoms with E-state index >= 15 is 0 Å². The highest BCUT2D eigenvalue weighted by Gasteiger charge is 2.32. The second-order valence-corrected chi connectivity index (χ2v) is 5.29. The lowest BCUT2D eigenvalue weighted by Gasteiger charge is -2.17. The molecule has 1 N–H and O–H groups in total. The van der Waals surface area contributed by atoms with Crippen LogP contribution in [0.4, 0.5) is 13.2 Å². The Morgan fingerprint density at radius 3 is 2.65 bits per heavy atom. The molecular formula is C14H15F3N2S. The second-order valence-electron chi connectivity index (χ2n) is 4.37. The van der Waals surface area contributed by atoms with E-state index < -0.39 is 11.7 Å². The molecule has 1 aromatic heterocycles. The number of hydrogen-bond donors (Lipinski definition) is 1. The third kappa shape index (κ3) is 3.58. The Kier molecular flexibility index (Phi) is 4.77. The first-order valence-electron chi connectivity index (χ1n) is 6.30. The summed E-state index contributed by atoms with van der Waals surface area (Å²) in [7, 11) is 0. The molecule has 0 bridgehead atoms. The molecule has 1 unspecified atom stereocenters. The molecule has 6 heteroatoms. The third-order valence-corrected chi connectivity index (χ3v) is 3.91. The number of aromatic nitrogens is 1. The lowest BCUT2D eigenvalue weighted by Crippen LogP contribution is -2.22. The predicted molar refractivity (Wildman–Crippen MR) is 73.4 cm³/mol. The molecule has 0 aliphatic carbocycles. The SMILES string of the molecule is CCC(NCc1ccccc1C(F)(F)F)c1nccs1. The quantitative estimate of drug-likeness (QED) is 0.885. The van der Waals surface area contributed by atoms with Crippen molar-refractivity contribution in [3.63, 3.8) is 0 Å². The van der Waals surface area contributed by atoms with Crippen molar-refractivity contribution < 1.29 is 13.2 Å². The van der Waals surface area contributed by atoms with Crippen LogP contribution in [0.2, 0.25) is 0 Å². The smallest absolute Gasteiger partial charge is 0.304 e. The van der Waals surface area contributed by atoms with Gasteiger partial charge in [-0.05, 0) is 18.1 Å². The molecule has 2 rings (SSSR count). The summed E-state index contributed by atoms with van der Waals surface area (Å²) >= 11 is 1.50. The molecule has 0 radical (unpaired) electrons. The van der Waals surface area contributed by atoms with Gasteiger partial charge in [0.15, 0.2) is 0 Å². The van der Waals surface area contributed by atoms with Crippen molar-refractivity contribution in [2.24, 2.45) is 0 Å². The summed E-state index contributed by atoms with van der Waals surface area (Å²) in [5.41, 5.74) is -0.323. The van der Waals surface area contributed by atoms with Crippen LogP contribution in [0, 0.1) is 0 Å². The Hall–Kier alpha value is -1.40. The van der Waals surface area contributed by atoms with Crippen LogP contribution in [0.15, 0.2) is 35.8 Å². The van der Waals surface area contributed by atoms with Crippen molar-refractivity contribution in [2.45, 2.75) is 32.1 Å². The molecule has 0 amide bonds. The lowest BCUT2D eigenvalue weighted by atomic mass is 10.1. The topological polar surface area (TPSA) is 24.9 Å². The molecule has 20 heavy (non-hydrogen) atoms. The van der Waals surface area contributed by atoms with Crippen LogP contribution in [0.3, 0.4) is 0 Å². The fourth-order valence-corrected chi connectivity index (χ4v) is 2.79. The van der Waals surface area contributed by atoms with E-state index in [-0.39, 0.29) is 18.2 Å². The van der Waals surface area contributed by atoms with Gasteiger partial charge in [-0.1, -0.05) is 25.1 Å². The minimum absolute atomic E-state index is 0.0173. The molecule has 2 aromatic rings. The van der Waals surface area contributed by atoms with Gasteiger partial charge < -0.3 is 5.32 Å². The van der Waals surface area contributed by atoms with E-state index in [1.54, 1.807) is 12.3 Å². The average Bonchev–Trinajstić information content (AvgIpc) is 2.93. The van der Waals surface area contributed by atoms with E-state index in [0.29, 0.717) is 0 Å². The van der Waals surface area contributed by atoms with Gasteiger partial charge in [-0.2, -0.15) is 13.2 Å². The normalized spacial score (nSPS) is 13.4. The minimum atomic E-state index is -4.32. The van der Waals surface area contributed by atoms with Crippen molar-refractivity contribution in [2.75, 3.05) is 0 Å². The van der Waals surface area contributed by atoms with Crippen molar-refractivity contribution in [1.29, 1.82) is 0 Å². The van der Waals surface area contributed by atoms with Crippen LogP contribution >= 0.6 is 11.3 Å². The van der Waals surface area contributed by atoms with Gasteiger partial charge in [0.05, 0.1) is 11.6 Å². The Bertz CT molecular complexity index is 538. The first-order valence-corrected chi connectivity index (χ1v) is 7.18. The molecule has 0 fully saturated rings. The highest BCUT2D eigenvalue weighted by molar-refractivity contribution is 7.09. The largest absolute Gasteiger partial charge is 0.416 e. The van der Waals surface area contributed by atoms with Gasteiger partial charge >= 0.3 is 6.18 Å². The first kappa shape index (κ1) is 15.0. The van der Waals surface area contributed by atoms with E-state index in [2.05, 4.69) is 10.3 Å². The van der Waals surface area contributed by atoms with E-state index in [9.17, 15) is 13.2 Å². The van der Waals surface area contributed by atoms with Gasteiger partial charge in [0.25, 0.3) is 0 Å². The van der Waals surface area contributed by atoms with Crippen molar-refractivity contribution in [3.05, 3.63) is 52.0 Å². The van der Waals surface area contributed by atoms with Gasteiger partial charge in [0.1, 0.15) is 5.01 Å². The molecule has 0 aliphatic heterocycles. The minimum Gasteiger partial charge on any atom is -0.304 e. The van der Waals surface area contributed by atoms with Gasteiger partial charge in [0, 0.05) is 18.1 Å². The number of rotatable bonds is 5. The van der Waals surface area contributed by atoms with Crippen molar-refractivity contribution in [3.8, 4) is 0 Å². The van der Waals surface area contributed by atoms with E-state index in [1.807, 2.05) is 12.3 Å². The monoisotopic (exact) mass is 300 g/mol. The molecule has 108 valence electrons. The maximum absolute atomic E-state index is 12.9. The van der Waals surface area contributed by atoms with Crippen LogP contribution in [0.1, 0.15) is 35.5 Å². The highest BCUT2D eigenvalue weighted by Crippen LogP contribution is 2.32. The van der Waals surface area contributed by atoms with Crippen LogP contribution in [0.25, 0.3) is 0 Å². The summed E-state index contributed by atoms with van der Waals surface area (Å²) in [6.45, 7) is 2.16. The summed E-state index contributed by atoms with van der Waals surface area (Å²) in [5, 5.41) is 5.91. The highest BCUT2D eigenvalue weighted by atomic mass is 32.1. The van der Waals surface area contributed by atoms with Gasteiger partial charge in [0.2, 0.25) is 0 Å². The molecular weight excluding hydrogens is 285 g/mol. The Labute approximate surface area is 119 Å². The summed E-state index contributed by atoms with van der Waals surface area (Å²) < 4.78 is 38.7. The summed E-state index contributed by atoms with van der Waals surface area (Å²) in [4.78, 5) is 4.20. The first-order chi connectivity index (χ1) is 9.52. The summed E-state index contributed by atoms with van der Waals surface area (Å²) in [6, 6.07) is 5.63. The van der Waals surface area contributed by atoms with Crippen molar-refractivity contribution >= 4 is 11.3 Å². The molecule has 1 atom stereocenters. The second kappa shape index (κ2) is 6.37. The number of nitrogens with zero attached hydrogens (tertiary/aromatic N) is 1. The number of thiazole rings is 1. The zero-order chi connectivity index (χ0) is 14.6. The van der Waals surface area contributed by atoms with E-state index in [4.69, 9.17) is 0 Å². The van der Waals surface area contributed by atoms with E-state index in [1.165, 1.54) is 23.5 Å². The van der Waals surface area contributed by atoms with Crippen LogP contribution in [-0.4, -0.2) is 4.98 Å². The average molecular weight is 300 g/mol. The van der Waals surface area contributed by atoms with Gasteiger partial charge in [-0.15, -0.1) is 11.3 Å². The Morgan fingerprint density at radius 1 is 1.30 bits per heavy atom. The van der Waals surface area contributed by atoms with Crippen LogP contribution < -0.4 is 5.32 Å². The third-order valence-electron chi connectivity index (χ3n) is 3.02. The summed E-state index contributed by atoms with van der Waals surface area (Å²) in [6.07, 6.45) is -1.84. The van der Waals surface area contributed by atoms with Crippen molar-refractivity contribution in [1.82, 2.24) is 10.3 Å². The van der Waals surface area contributed by atoms with Gasteiger partial charge in [-0.3, -0.25) is 0 Å². The Balaban J connectivity index is 2.11. The van der Waals surface area contributed by atoms with Gasteiger partial charge in [-0.25, -0.2) is 4.98 Å². The number of benzene rings is 1. The van der Waals surface area contributed by atoms with Crippen LogP contribution in [-0.2, 0) is 12.7 Å². The number of nitrogens with one attached hydrogen (secondary N) is 1. The lowest BCUT2D eigenvalue weighted by molar-refractivity contribution is -0.138. The molecule has 0 saturated carbocycles. The number of hydrogen-bond acceptors (Lipinski definition) is 3. The maximum atomic E-state index is 12.9. The zero-order valence-corrected chi connectivity index (χ0v) is 11.8. The standard InChI is InChI=1S/C14H15F3N2S/c1-2-12(13-18-7-8-20-13)19-9-10-5-3-4-6-11(10)14(15,16)17/h3-8,12,19H,2,9H2,1H3. The molecule has 0 saturated heterocycles. The summed E-state index contributed by atoms with van der Waals surface area (Å²) in [5.74, 6) is 0. The predicted octanol–water partition coefficient (Wildman–Crippen LogP) is 4.40. The Morgan fingerprint density at radius 2 is 2.05 bits per heavy atom. The molecule has 1 aromatic carbocycles. The number of halogens is 3. The molecule has 2 nitrogen and oxygen atoms in total. The number of alkyl halides is 3. The zero-order valence-electron chi connectivity index (χ0n) is 10.9. The molecule has 1 heterocycles. The van der Waals surface area contributed by atoms with E-state index in [0.717, 1.165) is 17.5 Å². The molecule has 0 aliphatic rings. The fourth-order valence-electron chi connectivity index (χ4n) is 2.00. The fraction of sp³-hybridized carbons (Fsp3) is 0.357.